The van der Waals surface area contributed by atoms with Crippen LogP contribution in [-0.4, -0.2) is 5.11 Å². The molecule has 0 heterocycles. The monoisotopic (exact) mass is 196 g/mol. The van der Waals surface area contributed by atoms with E-state index < -0.39 is 0 Å². The van der Waals surface area contributed by atoms with Crippen LogP contribution in [0.3, 0.4) is 0 Å². The molecule has 1 aromatic rings. The Morgan fingerprint density at radius 3 is 2.15 bits per heavy atom. The topological polar surface area (TPSA) is 20.2 Å². The van der Waals surface area contributed by atoms with Crippen molar-refractivity contribution < 1.29 is 5.11 Å². The Kier molecular flexibility index (Phi) is 2.62. The molecule has 0 unspecified atom stereocenters. The van der Waals surface area contributed by atoms with Crippen LogP contribution < -0.4 is 0 Å². The molecule has 0 saturated heterocycles. The van der Waals surface area contributed by atoms with Gasteiger partial charge in [0.2, 0.25) is 0 Å². The highest BCUT2D eigenvalue weighted by Crippen LogP contribution is 2.35. The first-order valence-electron chi connectivity index (χ1n) is 4.36. The van der Waals surface area contributed by atoms with E-state index in [-0.39, 0.29) is 5.41 Å². The number of phenols is 1. The third kappa shape index (κ3) is 1.99. The van der Waals surface area contributed by atoms with Crippen LogP contribution >= 0.6 is 12.6 Å². The number of hydrogen-bond acceptors (Lipinski definition) is 2. The van der Waals surface area contributed by atoms with Gasteiger partial charge in [0.05, 0.1) is 0 Å². The highest BCUT2D eigenvalue weighted by molar-refractivity contribution is 7.80. The molecule has 13 heavy (non-hydrogen) atoms. The lowest BCUT2D eigenvalue weighted by atomic mass is 9.83. The maximum atomic E-state index is 9.72. The molecule has 0 radical (unpaired) electrons. The summed E-state index contributed by atoms with van der Waals surface area (Å²) < 4.78 is 0. The van der Waals surface area contributed by atoms with Crippen molar-refractivity contribution in [2.45, 2.75) is 38.0 Å². The van der Waals surface area contributed by atoms with Crippen LogP contribution in [0.15, 0.2) is 17.0 Å². The van der Waals surface area contributed by atoms with Crippen LogP contribution in [0.5, 0.6) is 5.75 Å². The molecule has 0 aliphatic carbocycles. The lowest BCUT2D eigenvalue weighted by Gasteiger charge is -2.23. The van der Waals surface area contributed by atoms with Gasteiger partial charge in [0.15, 0.2) is 0 Å². The summed E-state index contributed by atoms with van der Waals surface area (Å²) in [5.41, 5.74) is 2.02. The molecule has 72 valence electrons. The van der Waals surface area contributed by atoms with E-state index in [0.29, 0.717) is 5.75 Å². The Morgan fingerprint density at radius 1 is 1.23 bits per heavy atom. The fourth-order valence-corrected chi connectivity index (χ4v) is 1.82. The number of phenolic OH excluding ortho intramolecular Hbond substituents is 1. The molecule has 1 N–H and O–H groups in total. The Morgan fingerprint density at radius 2 is 1.77 bits per heavy atom. The van der Waals surface area contributed by atoms with Crippen LogP contribution in [0, 0.1) is 6.92 Å². The second kappa shape index (κ2) is 3.26. The molecule has 0 bridgehead atoms. The first-order chi connectivity index (χ1) is 5.84. The van der Waals surface area contributed by atoms with Gasteiger partial charge in [-0.2, -0.15) is 0 Å². The largest absolute Gasteiger partial charge is 0.508 e. The minimum Gasteiger partial charge on any atom is -0.508 e. The number of aromatic hydroxyl groups is 1. The average Bonchev–Trinajstić information content (AvgIpc) is 1.95. The fraction of sp³-hybridized carbons (Fsp3) is 0.455. The van der Waals surface area contributed by atoms with E-state index in [9.17, 15) is 5.11 Å². The zero-order valence-corrected chi connectivity index (χ0v) is 9.44. The van der Waals surface area contributed by atoms with Crippen LogP contribution in [0.4, 0.5) is 0 Å². The third-order valence-electron chi connectivity index (χ3n) is 2.16. The normalized spacial score (nSPS) is 11.8. The number of rotatable bonds is 0. The van der Waals surface area contributed by atoms with Gasteiger partial charge in [0, 0.05) is 10.5 Å². The van der Waals surface area contributed by atoms with Gasteiger partial charge in [-0.15, -0.1) is 12.6 Å². The molecular formula is C11H16OS. The molecule has 0 atom stereocenters. The highest BCUT2D eigenvalue weighted by atomic mass is 32.1. The summed E-state index contributed by atoms with van der Waals surface area (Å²) in [5.74, 6) is 0.364. The zero-order valence-electron chi connectivity index (χ0n) is 8.55. The van der Waals surface area contributed by atoms with Crippen molar-refractivity contribution in [2.75, 3.05) is 0 Å². The second-order valence-electron chi connectivity index (χ2n) is 4.35. The molecule has 1 aromatic carbocycles. The first kappa shape index (κ1) is 10.5. The predicted molar refractivity (Wildman–Crippen MR) is 58.8 cm³/mol. The predicted octanol–water partition coefficient (Wildman–Crippen LogP) is 3.29. The standard InChI is InChI=1S/C11H16OS/c1-7-9(13)6-5-8(12)10(7)11(2,3)4/h5-6,12-13H,1-4H3. The van der Waals surface area contributed by atoms with E-state index in [0.717, 1.165) is 16.0 Å². The number of thiol groups is 1. The number of benzene rings is 1. The van der Waals surface area contributed by atoms with Crippen LogP contribution in [0.25, 0.3) is 0 Å². The van der Waals surface area contributed by atoms with Gasteiger partial charge in [-0.1, -0.05) is 20.8 Å². The molecule has 0 aromatic heterocycles. The van der Waals surface area contributed by atoms with Gasteiger partial charge in [0.1, 0.15) is 5.75 Å². The second-order valence-corrected chi connectivity index (χ2v) is 4.84. The Bertz CT molecular complexity index is 324. The van der Waals surface area contributed by atoms with Crippen molar-refractivity contribution >= 4 is 12.6 Å². The Labute approximate surface area is 85.2 Å². The molecule has 0 spiro atoms. The van der Waals surface area contributed by atoms with Gasteiger partial charge in [0.25, 0.3) is 0 Å². The van der Waals surface area contributed by atoms with Gasteiger partial charge >= 0.3 is 0 Å². The summed E-state index contributed by atoms with van der Waals surface area (Å²) in [5, 5.41) is 9.72. The molecule has 0 fully saturated rings. The van der Waals surface area contributed by atoms with E-state index >= 15 is 0 Å². The van der Waals surface area contributed by atoms with Gasteiger partial charge in [-0.3, -0.25) is 0 Å². The smallest absolute Gasteiger partial charge is 0.119 e. The molecule has 2 heteroatoms. The molecule has 0 aliphatic rings. The van der Waals surface area contributed by atoms with Gasteiger partial charge in [-0.25, -0.2) is 0 Å². The van der Waals surface area contributed by atoms with E-state index in [2.05, 4.69) is 33.4 Å². The van der Waals surface area contributed by atoms with Crippen molar-refractivity contribution in [1.29, 1.82) is 0 Å². The molecule has 0 amide bonds. The summed E-state index contributed by atoms with van der Waals surface area (Å²) in [7, 11) is 0. The maximum absolute atomic E-state index is 9.72. The van der Waals surface area contributed by atoms with Crippen molar-refractivity contribution in [1.82, 2.24) is 0 Å². The average molecular weight is 196 g/mol. The molecule has 0 aliphatic heterocycles. The van der Waals surface area contributed by atoms with Crippen molar-refractivity contribution in [3.8, 4) is 5.75 Å². The summed E-state index contributed by atoms with van der Waals surface area (Å²) in [4.78, 5) is 0.933. The first-order valence-corrected chi connectivity index (χ1v) is 4.81. The zero-order chi connectivity index (χ0) is 10.2. The van der Waals surface area contributed by atoms with Crippen LogP contribution in [-0.2, 0) is 5.41 Å². The quantitative estimate of drug-likeness (QED) is 0.610. The van der Waals surface area contributed by atoms with E-state index in [1.54, 1.807) is 6.07 Å². The van der Waals surface area contributed by atoms with Crippen molar-refractivity contribution in [3.63, 3.8) is 0 Å². The van der Waals surface area contributed by atoms with Gasteiger partial charge < -0.3 is 5.11 Å². The minimum atomic E-state index is -0.0348. The summed E-state index contributed by atoms with van der Waals surface area (Å²) in [6.07, 6.45) is 0. The van der Waals surface area contributed by atoms with Crippen LogP contribution in [0.2, 0.25) is 0 Å². The summed E-state index contributed by atoms with van der Waals surface area (Å²) in [6, 6.07) is 3.53. The molecule has 1 nitrogen and oxygen atoms in total. The number of hydrogen-bond donors (Lipinski definition) is 2. The lowest BCUT2D eigenvalue weighted by Crippen LogP contribution is -2.13. The van der Waals surface area contributed by atoms with Crippen molar-refractivity contribution in [2.24, 2.45) is 0 Å². The SMILES string of the molecule is Cc1c(S)ccc(O)c1C(C)(C)C. The Hall–Kier alpha value is -0.630. The van der Waals surface area contributed by atoms with E-state index in [4.69, 9.17) is 0 Å². The van der Waals surface area contributed by atoms with E-state index in [1.807, 2.05) is 13.0 Å². The fourth-order valence-electron chi connectivity index (χ4n) is 1.63. The van der Waals surface area contributed by atoms with Crippen LogP contribution in [0.1, 0.15) is 31.9 Å². The third-order valence-corrected chi connectivity index (χ3v) is 2.65. The Balaban J connectivity index is 3.43. The summed E-state index contributed by atoms with van der Waals surface area (Å²) in [6.45, 7) is 8.25. The lowest BCUT2D eigenvalue weighted by molar-refractivity contribution is 0.444. The highest BCUT2D eigenvalue weighted by Gasteiger charge is 2.21. The molecule has 1 rings (SSSR count). The summed E-state index contributed by atoms with van der Waals surface area (Å²) >= 11 is 4.34. The maximum Gasteiger partial charge on any atom is 0.119 e. The van der Waals surface area contributed by atoms with E-state index in [1.165, 1.54) is 0 Å². The minimum absolute atomic E-state index is 0.0348. The molecule has 0 saturated carbocycles. The molecular weight excluding hydrogens is 180 g/mol. The van der Waals surface area contributed by atoms with Gasteiger partial charge in [-0.05, 0) is 30.0 Å². The van der Waals surface area contributed by atoms with Crippen molar-refractivity contribution in [3.05, 3.63) is 23.3 Å².